The van der Waals surface area contributed by atoms with E-state index in [0.717, 1.165) is 12.8 Å². The number of amides is 1. The van der Waals surface area contributed by atoms with E-state index in [1.807, 2.05) is 7.05 Å². The predicted octanol–water partition coefficient (Wildman–Crippen LogP) is 1.23. The fraction of sp³-hybridized carbons (Fsp3) is 0.846. The monoisotopic (exact) mass is 256 g/mol. The number of nitrogens with one attached hydrogen (secondary N) is 1. The molecule has 104 valence electrons. The normalized spacial score (nSPS) is 18.1. The number of nitrogens with zero attached hydrogens (tertiary/aromatic N) is 1. The average Bonchev–Trinajstić information content (AvgIpc) is 2.25. The molecule has 0 atom stereocenters. The van der Waals surface area contributed by atoms with Crippen LogP contribution in [-0.4, -0.2) is 48.1 Å². The molecule has 0 aromatic heterocycles. The fourth-order valence-corrected chi connectivity index (χ4v) is 2.46. The van der Waals surface area contributed by atoms with E-state index in [4.69, 9.17) is 5.11 Å². The number of aliphatic carboxylic acids is 1. The number of carbonyl (C=O) groups is 2. The summed E-state index contributed by atoms with van der Waals surface area (Å²) in [4.78, 5) is 23.9. The molecule has 2 N–H and O–H groups in total. The molecule has 0 aliphatic heterocycles. The second-order valence-electron chi connectivity index (χ2n) is 5.08. The molecular formula is C13H24N2O3. The van der Waals surface area contributed by atoms with Crippen LogP contribution < -0.4 is 5.32 Å². The summed E-state index contributed by atoms with van der Waals surface area (Å²) < 4.78 is 0. The highest BCUT2D eigenvalue weighted by molar-refractivity contribution is 5.82. The zero-order chi connectivity index (χ0) is 13.4. The summed E-state index contributed by atoms with van der Waals surface area (Å²) in [5.41, 5.74) is 0. The molecule has 0 heterocycles. The standard InChI is InChI=1S/C13H24N2O3/c1-15(10-12(16)14-9-13(17)18)11-7-5-3-2-4-6-8-11/h11H,2-10H2,1H3,(H,14,16)(H,17,18). The van der Waals surface area contributed by atoms with E-state index in [1.165, 1.54) is 32.1 Å². The van der Waals surface area contributed by atoms with Gasteiger partial charge in [-0.25, -0.2) is 0 Å². The van der Waals surface area contributed by atoms with Gasteiger partial charge in [-0.05, 0) is 19.9 Å². The Bertz CT molecular complexity index is 273. The molecule has 1 aliphatic carbocycles. The first kappa shape index (κ1) is 15.0. The summed E-state index contributed by atoms with van der Waals surface area (Å²) in [7, 11) is 1.95. The molecule has 0 aromatic rings. The van der Waals surface area contributed by atoms with Crippen molar-refractivity contribution >= 4 is 11.9 Å². The van der Waals surface area contributed by atoms with Crippen molar-refractivity contribution in [1.82, 2.24) is 10.2 Å². The molecule has 18 heavy (non-hydrogen) atoms. The quantitative estimate of drug-likeness (QED) is 0.776. The van der Waals surface area contributed by atoms with Crippen molar-refractivity contribution in [3.63, 3.8) is 0 Å². The minimum absolute atomic E-state index is 0.207. The van der Waals surface area contributed by atoms with E-state index in [1.54, 1.807) is 0 Å². The van der Waals surface area contributed by atoms with Gasteiger partial charge >= 0.3 is 5.97 Å². The Morgan fingerprint density at radius 2 is 1.72 bits per heavy atom. The van der Waals surface area contributed by atoms with Crippen molar-refractivity contribution in [2.45, 2.75) is 51.0 Å². The van der Waals surface area contributed by atoms with Gasteiger partial charge in [0.25, 0.3) is 0 Å². The molecule has 1 amide bonds. The Morgan fingerprint density at radius 1 is 1.17 bits per heavy atom. The number of carboxylic acid groups (broad SMARTS) is 1. The zero-order valence-electron chi connectivity index (χ0n) is 11.2. The second kappa shape index (κ2) is 8.08. The van der Waals surface area contributed by atoms with Gasteiger partial charge in [0.2, 0.25) is 5.91 Å². The van der Waals surface area contributed by atoms with Gasteiger partial charge in [0, 0.05) is 6.04 Å². The van der Waals surface area contributed by atoms with Gasteiger partial charge in [-0.15, -0.1) is 0 Å². The third kappa shape index (κ3) is 6.00. The molecule has 1 fully saturated rings. The van der Waals surface area contributed by atoms with Crippen LogP contribution in [0.5, 0.6) is 0 Å². The number of rotatable bonds is 5. The smallest absolute Gasteiger partial charge is 0.322 e. The summed E-state index contributed by atoms with van der Waals surface area (Å²) in [6, 6.07) is 0.459. The van der Waals surface area contributed by atoms with Crippen LogP contribution in [0.15, 0.2) is 0 Å². The molecule has 0 aromatic carbocycles. The van der Waals surface area contributed by atoms with Crippen LogP contribution in [0.25, 0.3) is 0 Å². The summed E-state index contributed by atoms with van der Waals surface area (Å²) in [5, 5.41) is 10.9. The molecule has 0 bridgehead atoms. The van der Waals surface area contributed by atoms with Crippen LogP contribution >= 0.6 is 0 Å². The van der Waals surface area contributed by atoms with Gasteiger partial charge in [0.05, 0.1) is 6.54 Å². The van der Waals surface area contributed by atoms with Crippen LogP contribution in [-0.2, 0) is 9.59 Å². The molecule has 5 nitrogen and oxygen atoms in total. The molecule has 5 heteroatoms. The predicted molar refractivity (Wildman–Crippen MR) is 69.4 cm³/mol. The van der Waals surface area contributed by atoms with E-state index in [2.05, 4.69) is 10.2 Å². The Labute approximate surface area is 109 Å². The second-order valence-corrected chi connectivity index (χ2v) is 5.08. The number of carboxylic acids is 1. The van der Waals surface area contributed by atoms with Crippen molar-refractivity contribution in [2.75, 3.05) is 20.1 Å². The highest BCUT2D eigenvalue weighted by atomic mass is 16.4. The van der Waals surface area contributed by atoms with Crippen LogP contribution in [0, 0.1) is 0 Å². The van der Waals surface area contributed by atoms with E-state index in [9.17, 15) is 9.59 Å². The number of carbonyl (C=O) groups excluding carboxylic acids is 1. The van der Waals surface area contributed by atoms with E-state index in [-0.39, 0.29) is 19.0 Å². The highest BCUT2D eigenvalue weighted by Gasteiger charge is 2.18. The van der Waals surface area contributed by atoms with Gasteiger partial charge < -0.3 is 10.4 Å². The average molecular weight is 256 g/mol. The largest absolute Gasteiger partial charge is 0.480 e. The first-order valence-corrected chi connectivity index (χ1v) is 6.78. The summed E-state index contributed by atoms with van der Waals surface area (Å²) in [6.45, 7) is -0.00468. The topological polar surface area (TPSA) is 69.6 Å². The van der Waals surface area contributed by atoms with E-state index in [0.29, 0.717) is 6.04 Å². The Hall–Kier alpha value is -1.10. The molecular weight excluding hydrogens is 232 g/mol. The van der Waals surface area contributed by atoms with E-state index >= 15 is 0 Å². The Balaban J connectivity index is 2.30. The molecule has 1 aliphatic rings. The highest BCUT2D eigenvalue weighted by Crippen LogP contribution is 2.20. The maximum atomic E-state index is 11.5. The Morgan fingerprint density at radius 3 is 2.28 bits per heavy atom. The van der Waals surface area contributed by atoms with Crippen LogP contribution in [0.2, 0.25) is 0 Å². The molecule has 0 unspecified atom stereocenters. The van der Waals surface area contributed by atoms with E-state index < -0.39 is 5.97 Å². The minimum Gasteiger partial charge on any atom is -0.480 e. The van der Waals surface area contributed by atoms with Gasteiger partial charge in [-0.3, -0.25) is 14.5 Å². The van der Waals surface area contributed by atoms with Crippen LogP contribution in [0.3, 0.4) is 0 Å². The number of hydrogen-bond acceptors (Lipinski definition) is 3. The van der Waals surface area contributed by atoms with Gasteiger partial charge in [-0.2, -0.15) is 0 Å². The minimum atomic E-state index is -1.00. The maximum Gasteiger partial charge on any atom is 0.322 e. The number of likely N-dealkylation sites (N-methyl/N-ethyl adjacent to an activating group) is 1. The Kier molecular flexibility index (Phi) is 6.72. The summed E-state index contributed by atoms with van der Waals surface area (Å²) in [5.74, 6) is -1.21. The molecule has 0 radical (unpaired) electrons. The number of hydrogen-bond donors (Lipinski definition) is 2. The zero-order valence-corrected chi connectivity index (χ0v) is 11.2. The molecule has 0 spiro atoms. The molecule has 1 saturated carbocycles. The first-order chi connectivity index (χ1) is 8.59. The van der Waals surface area contributed by atoms with Crippen molar-refractivity contribution in [3.8, 4) is 0 Å². The molecule has 1 rings (SSSR count). The van der Waals surface area contributed by atoms with Gasteiger partial charge in [-0.1, -0.05) is 32.1 Å². The van der Waals surface area contributed by atoms with Crippen molar-refractivity contribution in [2.24, 2.45) is 0 Å². The van der Waals surface area contributed by atoms with Crippen LogP contribution in [0.4, 0.5) is 0 Å². The maximum absolute atomic E-state index is 11.5. The summed E-state index contributed by atoms with van der Waals surface area (Å²) in [6.07, 6.45) is 8.64. The lowest BCUT2D eigenvalue weighted by Gasteiger charge is -2.29. The first-order valence-electron chi connectivity index (χ1n) is 6.78. The fourth-order valence-electron chi connectivity index (χ4n) is 2.46. The van der Waals surface area contributed by atoms with Crippen molar-refractivity contribution < 1.29 is 14.7 Å². The lowest BCUT2D eigenvalue weighted by Crippen LogP contribution is -2.42. The third-order valence-electron chi connectivity index (χ3n) is 3.53. The SMILES string of the molecule is CN(CC(=O)NCC(=O)O)C1CCCCCCC1. The lowest BCUT2D eigenvalue weighted by molar-refractivity contribution is -0.138. The van der Waals surface area contributed by atoms with Crippen LogP contribution in [0.1, 0.15) is 44.9 Å². The van der Waals surface area contributed by atoms with Gasteiger partial charge in [0.1, 0.15) is 6.54 Å². The third-order valence-corrected chi connectivity index (χ3v) is 3.53. The van der Waals surface area contributed by atoms with Crippen molar-refractivity contribution in [3.05, 3.63) is 0 Å². The summed E-state index contributed by atoms with van der Waals surface area (Å²) >= 11 is 0. The molecule has 0 saturated heterocycles. The van der Waals surface area contributed by atoms with Crippen molar-refractivity contribution in [1.29, 1.82) is 0 Å². The van der Waals surface area contributed by atoms with Gasteiger partial charge in [0.15, 0.2) is 0 Å². The lowest BCUT2D eigenvalue weighted by atomic mass is 9.96.